The van der Waals surface area contributed by atoms with Gasteiger partial charge in [0.25, 0.3) is 0 Å². The number of aryl methyl sites for hydroxylation is 1. The Bertz CT molecular complexity index is 938. The van der Waals surface area contributed by atoms with E-state index in [2.05, 4.69) is 29.1 Å². The largest absolute Gasteiger partial charge is 0.390 e. The Labute approximate surface area is 135 Å². The molecular weight excluding hydrogens is 314 g/mol. The van der Waals surface area contributed by atoms with Crippen LogP contribution >= 0.6 is 22.7 Å². The number of imidazole rings is 1. The van der Waals surface area contributed by atoms with Crippen LogP contribution in [0.3, 0.4) is 0 Å². The summed E-state index contributed by atoms with van der Waals surface area (Å²) in [5, 5.41) is 17.3. The van der Waals surface area contributed by atoms with Crippen molar-refractivity contribution in [2.24, 2.45) is 0 Å². The van der Waals surface area contributed by atoms with Gasteiger partial charge in [-0.1, -0.05) is 41.7 Å². The Morgan fingerprint density at radius 1 is 1.18 bits per heavy atom. The minimum absolute atomic E-state index is 0.0780. The molecule has 0 atom stereocenters. The highest BCUT2D eigenvalue weighted by atomic mass is 32.1. The highest BCUT2D eigenvalue weighted by Crippen LogP contribution is 2.33. The fourth-order valence-electron chi connectivity index (χ4n) is 2.46. The average Bonchev–Trinajstić information content (AvgIpc) is 3.22. The number of aromatic nitrogens is 3. The molecule has 3 aromatic heterocycles. The number of nitrogens with zero attached hydrogens (tertiary/aromatic N) is 3. The first-order chi connectivity index (χ1) is 10.8. The molecule has 0 spiro atoms. The zero-order valence-electron chi connectivity index (χ0n) is 11.9. The Morgan fingerprint density at radius 2 is 2.05 bits per heavy atom. The van der Waals surface area contributed by atoms with Gasteiger partial charge in [-0.25, -0.2) is 9.50 Å². The lowest BCUT2D eigenvalue weighted by Crippen LogP contribution is -1.95. The Kier molecular flexibility index (Phi) is 3.29. The number of fused-ring (bicyclic) bond motifs is 1. The van der Waals surface area contributed by atoms with Gasteiger partial charge in [0.1, 0.15) is 10.7 Å². The molecule has 1 N–H and O–H groups in total. The van der Waals surface area contributed by atoms with Gasteiger partial charge in [-0.3, -0.25) is 0 Å². The van der Waals surface area contributed by atoms with E-state index in [1.807, 2.05) is 29.6 Å². The molecule has 6 heteroatoms. The molecule has 0 aliphatic heterocycles. The third-order valence-electron chi connectivity index (χ3n) is 3.58. The highest BCUT2D eigenvalue weighted by Gasteiger charge is 2.18. The van der Waals surface area contributed by atoms with Crippen LogP contribution in [0.1, 0.15) is 11.3 Å². The smallest absolute Gasteiger partial charge is 0.213 e. The predicted molar refractivity (Wildman–Crippen MR) is 90.3 cm³/mol. The second-order valence-electron chi connectivity index (χ2n) is 4.96. The van der Waals surface area contributed by atoms with E-state index >= 15 is 0 Å². The van der Waals surface area contributed by atoms with Crippen molar-refractivity contribution in [3.05, 3.63) is 53.0 Å². The standard InChI is InChI=1S/C16H13N3OS2/c1-10-5-2-3-6-11(10)15-18-19-12(9-20)14(17-16(19)22-15)13-7-4-8-21-13/h2-8,20H,9H2,1H3. The first-order valence-electron chi connectivity index (χ1n) is 6.87. The molecule has 22 heavy (non-hydrogen) atoms. The molecule has 0 aliphatic rings. The molecule has 0 amide bonds. The third-order valence-corrected chi connectivity index (χ3v) is 5.39. The lowest BCUT2D eigenvalue weighted by Gasteiger charge is -2.00. The summed E-state index contributed by atoms with van der Waals surface area (Å²) in [4.78, 5) is 6.54. The Hall–Kier alpha value is -2.02. The van der Waals surface area contributed by atoms with Crippen molar-refractivity contribution < 1.29 is 5.11 Å². The zero-order valence-corrected chi connectivity index (χ0v) is 13.5. The lowest BCUT2D eigenvalue weighted by atomic mass is 10.1. The maximum absolute atomic E-state index is 9.75. The van der Waals surface area contributed by atoms with Crippen molar-refractivity contribution in [3.8, 4) is 21.1 Å². The maximum atomic E-state index is 9.75. The van der Waals surface area contributed by atoms with Gasteiger partial charge in [-0.2, -0.15) is 5.10 Å². The van der Waals surface area contributed by atoms with Gasteiger partial charge in [0.2, 0.25) is 4.96 Å². The van der Waals surface area contributed by atoms with Crippen molar-refractivity contribution >= 4 is 27.6 Å². The average molecular weight is 327 g/mol. The molecule has 110 valence electrons. The van der Waals surface area contributed by atoms with E-state index in [9.17, 15) is 5.11 Å². The summed E-state index contributed by atoms with van der Waals surface area (Å²) in [6.07, 6.45) is 0. The van der Waals surface area contributed by atoms with E-state index in [-0.39, 0.29) is 6.61 Å². The van der Waals surface area contributed by atoms with Crippen molar-refractivity contribution in [1.29, 1.82) is 0 Å². The highest BCUT2D eigenvalue weighted by molar-refractivity contribution is 7.20. The fourth-order valence-corrected chi connectivity index (χ4v) is 4.21. The Balaban J connectivity index is 1.90. The fraction of sp³-hybridized carbons (Fsp3) is 0.125. The zero-order chi connectivity index (χ0) is 15.1. The van der Waals surface area contributed by atoms with Crippen LogP contribution in [0.2, 0.25) is 0 Å². The molecule has 3 heterocycles. The minimum Gasteiger partial charge on any atom is -0.390 e. The lowest BCUT2D eigenvalue weighted by molar-refractivity contribution is 0.275. The number of thiophene rings is 1. The number of aliphatic hydroxyl groups excluding tert-OH is 1. The third kappa shape index (κ3) is 2.08. The summed E-state index contributed by atoms with van der Waals surface area (Å²) >= 11 is 3.16. The summed E-state index contributed by atoms with van der Waals surface area (Å²) in [7, 11) is 0. The number of hydrogen-bond donors (Lipinski definition) is 1. The molecular formula is C16H13N3OS2. The molecule has 0 aliphatic carbocycles. The van der Waals surface area contributed by atoms with Crippen LogP contribution in [0.25, 0.3) is 26.1 Å². The number of hydrogen-bond acceptors (Lipinski definition) is 5. The topological polar surface area (TPSA) is 50.4 Å². The molecule has 4 nitrogen and oxygen atoms in total. The summed E-state index contributed by atoms with van der Waals surface area (Å²) < 4.78 is 1.77. The van der Waals surface area contributed by atoms with Gasteiger partial charge >= 0.3 is 0 Å². The summed E-state index contributed by atoms with van der Waals surface area (Å²) in [5.74, 6) is 0. The molecule has 4 aromatic rings. The Morgan fingerprint density at radius 3 is 2.77 bits per heavy atom. The van der Waals surface area contributed by atoms with Gasteiger partial charge < -0.3 is 5.11 Å². The molecule has 4 rings (SSSR count). The van der Waals surface area contributed by atoms with Crippen LogP contribution in [-0.2, 0) is 6.61 Å². The van der Waals surface area contributed by atoms with Crippen molar-refractivity contribution in [3.63, 3.8) is 0 Å². The second-order valence-corrected chi connectivity index (χ2v) is 6.86. The molecule has 0 bridgehead atoms. The van der Waals surface area contributed by atoms with Gasteiger partial charge in [-0.15, -0.1) is 11.3 Å². The number of aliphatic hydroxyl groups is 1. The minimum atomic E-state index is -0.0780. The van der Waals surface area contributed by atoms with Crippen LogP contribution in [-0.4, -0.2) is 19.7 Å². The van der Waals surface area contributed by atoms with Crippen LogP contribution in [0.4, 0.5) is 0 Å². The summed E-state index contributed by atoms with van der Waals surface area (Å²) in [6, 6.07) is 12.2. The summed E-state index contributed by atoms with van der Waals surface area (Å²) in [5.41, 5.74) is 3.87. The van der Waals surface area contributed by atoms with E-state index < -0.39 is 0 Å². The van der Waals surface area contributed by atoms with Crippen LogP contribution in [0.5, 0.6) is 0 Å². The van der Waals surface area contributed by atoms with Gasteiger partial charge in [0, 0.05) is 5.56 Å². The van der Waals surface area contributed by atoms with E-state index in [1.165, 1.54) is 5.56 Å². The van der Waals surface area contributed by atoms with E-state index in [0.29, 0.717) is 0 Å². The first-order valence-corrected chi connectivity index (χ1v) is 8.56. The number of benzene rings is 1. The molecule has 1 aromatic carbocycles. The quantitative estimate of drug-likeness (QED) is 0.619. The monoisotopic (exact) mass is 327 g/mol. The first kappa shape index (κ1) is 13.6. The predicted octanol–water partition coefficient (Wildman–Crippen LogP) is 3.99. The van der Waals surface area contributed by atoms with E-state index in [0.717, 1.165) is 31.8 Å². The number of rotatable bonds is 3. The molecule has 0 fully saturated rings. The molecule has 0 saturated heterocycles. The van der Waals surface area contributed by atoms with Gasteiger partial charge in [0.15, 0.2) is 0 Å². The van der Waals surface area contributed by atoms with Gasteiger partial charge in [0.05, 0.1) is 17.2 Å². The van der Waals surface area contributed by atoms with E-state index in [1.54, 1.807) is 27.2 Å². The van der Waals surface area contributed by atoms with Crippen molar-refractivity contribution in [2.75, 3.05) is 0 Å². The van der Waals surface area contributed by atoms with Crippen LogP contribution < -0.4 is 0 Å². The van der Waals surface area contributed by atoms with Gasteiger partial charge in [-0.05, 0) is 23.9 Å². The van der Waals surface area contributed by atoms with Crippen LogP contribution in [0, 0.1) is 6.92 Å². The SMILES string of the molecule is Cc1ccccc1-c1nn2c(CO)c(-c3cccs3)nc2s1. The van der Waals surface area contributed by atoms with Crippen LogP contribution in [0.15, 0.2) is 41.8 Å². The normalized spacial score (nSPS) is 11.4. The molecule has 0 unspecified atom stereocenters. The molecule has 0 saturated carbocycles. The second kappa shape index (κ2) is 5.31. The van der Waals surface area contributed by atoms with Crippen molar-refractivity contribution in [1.82, 2.24) is 14.6 Å². The van der Waals surface area contributed by atoms with Crippen molar-refractivity contribution in [2.45, 2.75) is 13.5 Å². The maximum Gasteiger partial charge on any atom is 0.213 e. The van der Waals surface area contributed by atoms with E-state index in [4.69, 9.17) is 0 Å². The summed E-state index contributed by atoms with van der Waals surface area (Å²) in [6.45, 7) is 1.99. The molecule has 0 radical (unpaired) electrons.